The summed E-state index contributed by atoms with van der Waals surface area (Å²) in [6, 6.07) is 10.7. The number of rotatable bonds is 3. The second kappa shape index (κ2) is 5.49. The summed E-state index contributed by atoms with van der Waals surface area (Å²) in [6.07, 6.45) is 0. The fraction of sp³-hybridized carbons (Fsp3) is 0.200. The van der Waals surface area contributed by atoms with Crippen LogP contribution >= 0.6 is 11.6 Å². The lowest BCUT2D eigenvalue weighted by atomic mass is 10.1. The molecule has 0 saturated carbocycles. The molecule has 0 amide bonds. The molecule has 0 heterocycles. The zero-order chi connectivity index (χ0) is 14.0. The van der Waals surface area contributed by atoms with Gasteiger partial charge in [0.2, 0.25) is 0 Å². The molecule has 2 aromatic carbocycles. The second-order valence-electron chi connectivity index (χ2n) is 4.61. The molecule has 0 saturated heterocycles. The molecule has 4 heteroatoms. The van der Waals surface area contributed by atoms with Crippen molar-refractivity contribution in [2.75, 3.05) is 11.1 Å². The van der Waals surface area contributed by atoms with Crippen molar-refractivity contribution in [1.82, 2.24) is 0 Å². The van der Waals surface area contributed by atoms with Gasteiger partial charge in [0.15, 0.2) is 0 Å². The van der Waals surface area contributed by atoms with Crippen LogP contribution in [0.4, 0.5) is 15.8 Å². The number of anilines is 2. The van der Waals surface area contributed by atoms with E-state index in [-0.39, 0.29) is 11.9 Å². The topological polar surface area (TPSA) is 38.0 Å². The molecule has 1 unspecified atom stereocenters. The Morgan fingerprint density at radius 1 is 1.21 bits per heavy atom. The Morgan fingerprint density at radius 3 is 2.47 bits per heavy atom. The lowest BCUT2D eigenvalue weighted by Gasteiger charge is -2.18. The fourth-order valence-corrected chi connectivity index (χ4v) is 2.02. The first-order valence-corrected chi connectivity index (χ1v) is 6.43. The van der Waals surface area contributed by atoms with E-state index in [9.17, 15) is 4.39 Å². The first kappa shape index (κ1) is 13.7. The third-order valence-corrected chi connectivity index (χ3v) is 3.32. The predicted molar refractivity (Wildman–Crippen MR) is 79.0 cm³/mol. The summed E-state index contributed by atoms with van der Waals surface area (Å²) in [5, 5.41) is 3.98. The van der Waals surface area contributed by atoms with Crippen LogP contribution < -0.4 is 11.1 Å². The van der Waals surface area contributed by atoms with E-state index in [2.05, 4.69) is 5.32 Å². The first-order valence-electron chi connectivity index (χ1n) is 6.05. The largest absolute Gasteiger partial charge is 0.397 e. The number of nitrogens with one attached hydrogen (secondary N) is 1. The molecule has 0 fully saturated rings. The maximum absolute atomic E-state index is 13.3. The molecule has 2 nitrogen and oxygen atoms in total. The number of halogens is 2. The number of hydrogen-bond acceptors (Lipinski definition) is 2. The van der Waals surface area contributed by atoms with Crippen molar-refractivity contribution < 1.29 is 4.39 Å². The summed E-state index contributed by atoms with van der Waals surface area (Å²) in [6.45, 7) is 3.73. The van der Waals surface area contributed by atoms with Crippen molar-refractivity contribution in [3.63, 3.8) is 0 Å². The van der Waals surface area contributed by atoms with Crippen LogP contribution in [0.25, 0.3) is 0 Å². The number of hydrogen-bond donors (Lipinski definition) is 2. The van der Waals surface area contributed by atoms with Crippen LogP contribution in [-0.4, -0.2) is 0 Å². The lowest BCUT2D eigenvalue weighted by molar-refractivity contribution is 0.619. The van der Waals surface area contributed by atoms with E-state index >= 15 is 0 Å². The normalized spacial score (nSPS) is 12.2. The van der Waals surface area contributed by atoms with Gasteiger partial charge in [0.1, 0.15) is 5.82 Å². The first-order chi connectivity index (χ1) is 8.97. The highest BCUT2D eigenvalue weighted by Gasteiger charge is 2.09. The fourth-order valence-electron chi connectivity index (χ4n) is 1.89. The predicted octanol–water partition coefficient (Wildman–Crippen LogP) is 4.54. The summed E-state index contributed by atoms with van der Waals surface area (Å²) >= 11 is 5.86. The summed E-state index contributed by atoms with van der Waals surface area (Å²) < 4.78 is 13.3. The molecule has 0 aliphatic carbocycles. The number of benzene rings is 2. The Bertz CT molecular complexity index is 581. The minimum absolute atomic E-state index is 0.0597. The van der Waals surface area contributed by atoms with Crippen molar-refractivity contribution in [3.05, 3.63) is 58.4 Å². The Hall–Kier alpha value is -1.74. The van der Waals surface area contributed by atoms with Gasteiger partial charge in [-0.1, -0.05) is 23.7 Å². The van der Waals surface area contributed by atoms with Crippen molar-refractivity contribution in [3.8, 4) is 0 Å². The molecular formula is C15H16ClFN2. The Kier molecular flexibility index (Phi) is 3.96. The van der Waals surface area contributed by atoms with Gasteiger partial charge in [0, 0.05) is 11.1 Å². The third-order valence-electron chi connectivity index (χ3n) is 3.07. The Balaban J connectivity index is 2.21. The molecule has 100 valence electrons. The standard InChI is InChI=1S/C15H16ClFN2/c1-9-7-15(14(18)8-13(9)17)19-10(2)11-3-5-12(16)6-4-11/h3-8,10,19H,18H2,1-2H3. The Morgan fingerprint density at radius 2 is 1.84 bits per heavy atom. The number of nitrogen functional groups attached to an aromatic ring is 1. The highest BCUT2D eigenvalue weighted by atomic mass is 35.5. The molecule has 0 radical (unpaired) electrons. The molecule has 0 spiro atoms. The van der Waals surface area contributed by atoms with Gasteiger partial charge in [-0.05, 0) is 49.2 Å². The van der Waals surface area contributed by atoms with Gasteiger partial charge in [-0.3, -0.25) is 0 Å². The zero-order valence-corrected chi connectivity index (χ0v) is 11.6. The van der Waals surface area contributed by atoms with E-state index in [0.717, 1.165) is 11.3 Å². The zero-order valence-electron chi connectivity index (χ0n) is 10.9. The van der Waals surface area contributed by atoms with Gasteiger partial charge >= 0.3 is 0 Å². The van der Waals surface area contributed by atoms with E-state index in [0.29, 0.717) is 16.3 Å². The van der Waals surface area contributed by atoms with Crippen LogP contribution in [0.15, 0.2) is 36.4 Å². The quantitative estimate of drug-likeness (QED) is 0.809. The SMILES string of the molecule is Cc1cc(NC(C)c2ccc(Cl)cc2)c(N)cc1F. The molecule has 0 bridgehead atoms. The molecule has 1 atom stereocenters. The summed E-state index contributed by atoms with van der Waals surface area (Å²) in [5.41, 5.74) is 8.62. The minimum atomic E-state index is -0.290. The van der Waals surface area contributed by atoms with Crippen LogP contribution in [0.1, 0.15) is 24.1 Å². The third kappa shape index (κ3) is 3.18. The van der Waals surface area contributed by atoms with E-state index in [1.165, 1.54) is 6.07 Å². The maximum Gasteiger partial charge on any atom is 0.128 e. The van der Waals surface area contributed by atoms with Gasteiger partial charge in [-0.25, -0.2) is 4.39 Å². The lowest BCUT2D eigenvalue weighted by Crippen LogP contribution is -2.09. The molecule has 19 heavy (non-hydrogen) atoms. The molecule has 2 rings (SSSR count). The van der Waals surface area contributed by atoms with Gasteiger partial charge in [0.05, 0.1) is 11.4 Å². The molecule has 0 aliphatic rings. The molecule has 0 aromatic heterocycles. The van der Waals surface area contributed by atoms with Crippen molar-refractivity contribution in [1.29, 1.82) is 0 Å². The van der Waals surface area contributed by atoms with Crippen LogP contribution in [0, 0.1) is 12.7 Å². The summed E-state index contributed by atoms with van der Waals surface area (Å²) in [7, 11) is 0. The van der Waals surface area contributed by atoms with Crippen molar-refractivity contribution >= 4 is 23.0 Å². The van der Waals surface area contributed by atoms with Crippen LogP contribution in [0.2, 0.25) is 5.02 Å². The molecule has 0 aliphatic heterocycles. The monoisotopic (exact) mass is 278 g/mol. The molecule has 2 aromatic rings. The molecule has 3 N–H and O–H groups in total. The maximum atomic E-state index is 13.3. The van der Waals surface area contributed by atoms with Crippen LogP contribution in [0.3, 0.4) is 0 Å². The van der Waals surface area contributed by atoms with E-state index in [1.807, 2.05) is 31.2 Å². The van der Waals surface area contributed by atoms with Crippen LogP contribution in [-0.2, 0) is 0 Å². The van der Waals surface area contributed by atoms with Gasteiger partial charge in [-0.15, -0.1) is 0 Å². The highest BCUT2D eigenvalue weighted by Crippen LogP contribution is 2.27. The summed E-state index contributed by atoms with van der Waals surface area (Å²) in [4.78, 5) is 0. The van der Waals surface area contributed by atoms with Crippen LogP contribution in [0.5, 0.6) is 0 Å². The highest BCUT2D eigenvalue weighted by molar-refractivity contribution is 6.30. The van der Waals surface area contributed by atoms with Crippen molar-refractivity contribution in [2.24, 2.45) is 0 Å². The van der Waals surface area contributed by atoms with Gasteiger partial charge < -0.3 is 11.1 Å². The number of nitrogens with two attached hydrogens (primary N) is 1. The average molecular weight is 279 g/mol. The average Bonchev–Trinajstić information content (AvgIpc) is 2.36. The van der Waals surface area contributed by atoms with Gasteiger partial charge in [-0.2, -0.15) is 0 Å². The van der Waals surface area contributed by atoms with E-state index in [4.69, 9.17) is 17.3 Å². The molecular weight excluding hydrogens is 263 g/mol. The minimum Gasteiger partial charge on any atom is -0.397 e. The van der Waals surface area contributed by atoms with E-state index in [1.54, 1.807) is 13.0 Å². The Labute approximate surface area is 117 Å². The van der Waals surface area contributed by atoms with Crippen molar-refractivity contribution in [2.45, 2.75) is 19.9 Å². The van der Waals surface area contributed by atoms with Gasteiger partial charge in [0.25, 0.3) is 0 Å². The second-order valence-corrected chi connectivity index (χ2v) is 5.04. The number of aryl methyl sites for hydroxylation is 1. The smallest absolute Gasteiger partial charge is 0.128 e. The summed E-state index contributed by atoms with van der Waals surface area (Å²) in [5.74, 6) is -0.290. The van der Waals surface area contributed by atoms with E-state index < -0.39 is 0 Å².